The van der Waals surface area contributed by atoms with Gasteiger partial charge in [0.25, 0.3) is 11.1 Å². The van der Waals surface area contributed by atoms with Gasteiger partial charge in [-0.25, -0.2) is 9.37 Å². The molecule has 1 saturated heterocycles. The highest BCUT2D eigenvalue weighted by molar-refractivity contribution is 8.18. The molecule has 1 aliphatic heterocycles. The Hall–Kier alpha value is -2.35. The van der Waals surface area contributed by atoms with E-state index in [4.69, 9.17) is 23.2 Å². The maximum atomic E-state index is 14.6. The molecule has 0 saturated carbocycles. The molecule has 1 aromatic heterocycles. The number of rotatable bonds is 2. The lowest BCUT2D eigenvalue weighted by Crippen LogP contribution is -2.17. The number of imide groups is 1. The number of nitrogens with zero attached hydrogens (tertiary/aromatic N) is 1. The van der Waals surface area contributed by atoms with Crippen molar-refractivity contribution in [1.29, 1.82) is 0 Å². The summed E-state index contributed by atoms with van der Waals surface area (Å²) >= 11 is 12.7. The Morgan fingerprint density at radius 2 is 1.88 bits per heavy atom. The lowest BCUT2D eigenvalue weighted by atomic mass is 10.1. The summed E-state index contributed by atoms with van der Waals surface area (Å²) in [6, 6.07) is 7.67. The second kappa shape index (κ2) is 6.42. The van der Waals surface area contributed by atoms with Gasteiger partial charge >= 0.3 is 0 Å². The molecule has 2 N–H and O–H groups in total. The van der Waals surface area contributed by atoms with Gasteiger partial charge in [-0.05, 0) is 47.7 Å². The first-order chi connectivity index (χ1) is 12.4. The zero-order chi connectivity index (χ0) is 18.4. The van der Waals surface area contributed by atoms with Gasteiger partial charge in [-0.1, -0.05) is 29.3 Å². The number of nitrogens with one attached hydrogen (secondary N) is 2. The topological polar surface area (TPSA) is 74.8 Å². The van der Waals surface area contributed by atoms with Crippen LogP contribution in [0, 0.1) is 5.82 Å². The fourth-order valence-electron chi connectivity index (χ4n) is 2.52. The molecule has 1 fully saturated rings. The van der Waals surface area contributed by atoms with E-state index >= 15 is 0 Å². The molecule has 26 heavy (non-hydrogen) atoms. The Balaban J connectivity index is 1.71. The lowest BCUT2D eigenvalue weighted by Gasteiger charge is -2.01. The van der Waals surface area contributed by atoms with Gasteiger partial charge in [0, 0.05) is 0 Å². The minimum atomic E-state index is -0.523. The van der Waals surface area contributed by atoms with Crippen LogP contribution in [-0.4, -0.2) is 21.1 Å². The number of amides is 2. The Kier molecular flexibility index (Phi) is 4.22. The van der Waals surface area contributed by atoms with E-state index < -0.39 is 17.0 Å². The van der Waals surface area contributed by atoms with E-state index in [0.29, 0.717) is 32.5 Å². The fourth-order valence-corrected chi connectivity index (χ4v) is 3.52. The third kappa shape index (κ3) is 3.09. The molecule has 0 unspecified atom stereocenters. The summed E-state index contributed by atoms with van der Waals surface area (Å²) in [5, 5.41) is 2.44. The number of H-pyrrole nitrogens is 1. The van der Waals surface area contributed by atoms with E-state index in [1.807, 2.05) is 0 Å². The van der Waals surface area contributed by atoms with E-state index in [9.17, 15) is 14.0 Å². The molecule has 0 aliphatic carbocycles. The smallest absolute Gasteiger partial charge is 0.290 e. The van der Waals surface area contributed by atoms with Gasteiger partial charge in [0.2, 0.25) is 0 Å². The van der Waals surface area contributed by atoms with Crippen molar-refractivity contribution in [3.05, 3.63) is 56.7 Å². The number of hydrogen-bond donors (Lipinski definition) is 2. The lowest BCUT2D eigenvalue weighted by molar-refractivity contribution is -0.115. The third-order valence-corrected chi connectivity index (χ3v) is 5.24. The quantitative estimate of drug-likeness (QED) is 0.586. The second-order valence-electron chi connectivity index (χ2n) is 5.46. The molecule has 9 heteroatoms. The van der Waals surface area contributed by atoms with Crippen molar-refractivity contribution in [2.24, 2.45) is 0 Å². The average Bonchev–Trinajstić information content (AvgIpc) is 3.10. The first-order valence-electron chi connectivity index (χ1n) is 7.30. The van der Waals surface area contributed by atoms with Crippen LogP contribution in [-0.2, 0) is 4.79 Å². The predicted molar refractivity (Wildman–Crippen MR) is 101 cm³/mol. The summed E-state index contributed by atoms with van der Waals surface area (Å²) < 4.78 is 14.6. The SMILES string of the molecule is O=C1NC(=O)/C(=C\c2ccc(-c3nc4cc(Cl)c(Cl)cc4[nH]3)c(F)c2)S1. The molecular weight excluding hydrogens is 400 g/mol. The van der Waals surface area contributed by atoms with Crippen molar-refractivity contribution < 1.29 is 14.0 Å². The van der Waals surface area contributed by atoms with Gasteiger partial charge < -0.3 is 4.98 Å². The molecule has 1 aliphatic rings. The third-order valence-electron chi connectivity index (χ3n) is 3.71. The van der Waals surface area contributed by atoms with Crippen LogP contribution in [0.1, 0.15) is 5.56 Å². The standard InChI is InChI=1S/C17H8Cl2FN3O2S/c18-9-5-12-13(6-10(9)19)22-15(21-12)8-2-1-7(3-11(8)20)4-14-16(24)23-17(25)26-14/h1-6H,(H,21,22)(H,23,24,25)/b14-4+. The van der Waals surface area contributed by atoms with Crippen molar-refractivity contribution in [2.45, 2.75) is 0 Å². The molecule has 4 rings (SSSR count). The molecule has 5 nitrogen and oxygen atoms in total. The van der Waals surface area contributed by atoms with Gasteiger partial charge in [0.1, 0.15) is 11.6 Å². The number of halogens is 3. The minimum Gasteiger partial charge on any atom is -0.338 e. The van der Waals surface area contributed by atoms with Crippen LogP contribution < -0.4 is 5.32 Å². The number of thioether (sulfide) groups is 1. The monoisotopic (exact) mass is 407 g/mol. The first-order valence-corrected chi connectivity index (χ1v) is 8.87. The number of hydrogen-bond acceptors (Lipinski definition) is 4. The Morgan fingerprint density at radius 1 is 1.12 bits per heavy atom. The average molecular weight is 408 g/mol. The van der Waals surface area contributed by atoms with Gasteiger partial charge in [-0.2, -0.15) is 0 Å². The van der Waals surface area contributed by atoms with Crippen molar-refractivity contribution in [1.82, 2.24) is 15.3 Å². The van der Waals surface area contributed by atoms with Crippen molar-refractivity contribution in [2.75, 3.05) is 0 Å². The van der Waals surface area contributed by atoms with E-state index in [1.54, 1.807) is 24.3 Å². The van der Waals surface area contributed by atoms with Crippen molar-refractivity contribution >= 4 is 63.2 Å². The number of benzene rings is 2. The summed E-state index contributed by atoms with van der Waals surface area (Å²) in [5.41, 5.74) is 1.92. The molecule has 2 aromatic carbocycles. The van der Waals surface area contributed by atoms with Gasteiger partial charge in [0.15, 0.2) is 0 Å². The molecule has 0 spiro atoms. The summed E-state index contributed by atoms with van der Waals surface area (Å²) in [6.07, 6.45) is 1.45. The van der Waals surface area contributed by atoms with E-state index in [1.165, 1.54) is 12.1 Å². The second-order valence-corrected chi connectivity index (χ2v) is 7.29. The summed E-state index contributed by atoms with van der Waals surface area (Å²) in [6.45, 7) is 0. The van der Waals surface area contributed by atoms with E-state index in [2.05, 4.69) is 15.3 Å². The van der Waals surface area contributed by atoms with Gasteiger partial charge in [0.05, 0.1) is 31.5 Å². The van der Waals surface area contributed by atoms with E-state index in [0.717, 1.165) is 11.8 Å². The van der Waals surface area contributed by atoms with Crippen LogP contribution in [0.4, 0.5) is 9.18 Å². The summed E-state index contributed by atoms with van der Waals surface area (Å²) in [7, 11) is 0. The molecule has 130 valence electrons. The zero-order valence-electron chi connectivity index (χ0n) is 12.8. The highest BCUT2D eigenvalue weighted by Gasteiger charge is 2.25. The first kappa shape index (κ1) is 17.1. The summed E-state index contributed by atoms with van der Waals surface area (Å²) in [4.78, 5) is 30.3. The van der Waals surface area contributed by atoms with Gasteiger partial charge in [-0.15, -0.1) is 0 Å². The van der Waals surface area contributed by atoms with Crippen molar-refractivity contribution in [3.63, 3.8) is 0 Å². The fraction of sp³-hybridized carbons (Fsp3) is 0. The van der Waals surface area contributed by atoms with Crippen LogP contribution in [0.25, 0.3) is 28.5 Å². The molecule has 3 aromatic rings. The number of fused-ring (bicyclic) bond motifs is 1. The molecule has 0 atom stereocenters. The number of aromatic nitrogens is 2. The highest BCUT2D eigenvalue weighted by Crippen LogP contribution is 2.31. The van der Waals surface area contributed by atoms with Crippen LogP contribution in [0.2, 0.25) is 10.0 Å². The molecule has 2 amide bonds. The van der Waals surface area contributed by atoms with Crippen LogP contribution in [0.5, 0.6) is 0 Å². The van der Waals surface area contributed by atoms with Gasteiger partial charge in [-0.3, -0.25) is 14.9 Å². The molecule has 0 bridgehead atoms. The number of imidazole rings is 1. The largest absolute Gasteiger partial charge is 0.338 e. The number of carbonyl (C=O) groups is 2. The zero-order valence-corrected chi connectivity index (χ0v) is 15.1. The van der Waals surface area contributed by atoms with Crippen LogP contribution in [0.15, 0.2) is 35.2 Å². The van der Waals surface area contributed by atoms with E-state index in [-0.39, 0.29) is 10.5 Å². The Bertz CT molecular complexity index is 1090. The summed E-state index contributed by atoms with van der Waals surface area (Å²) in [5.74, 6) is -0.681. The number of aromatic amines is 1. The van der Waals surface area contributed by atoms with Crippen LogP contribution in [0.3, 0.4) is 0 Å². The minimum absolute atomic E-state index is 0.218. The predicted octanol–water partition coefficient (Wildman–Crippen LogP) is 5.00. The normalized spacial score (nSPS) is 15.9. The van der Waals surface area contributed by atoms with Crippen molar-refractivity contribution in [3.8, 4) is 11.4 Å². The highest BCUT2D eigenvalue weighted by atomic mass is 35.5. The molecule has 2 heterocycles. The number of carbonyl (C=O) groups excluding carboxylic acids is 2. The Morgan fingerprint density at radius 3 is 2.58 bits per heavy atom. The molecular formula is C17H8Cl2FN3O2S. The maximum absolute atomic E-state index is 14.6. The molecule has 0 radical (unpaired) electrons. The Labute approximate surface area is 160 Å². The van der Waals surface area contributed by atoms with Crippen LogP contribution >= 0.6 is 35.0 Å². The maximum Gasteiger partial charge on any atom is 0.290 e.